The third kappa shape index (κ3) is 1.34. The van der Waals surface area contributed by atoms with Crippen molar-refractivity contribution in [3.8, 4) is 5.75 Å². The number of aryl methyl sites for hydroxylation is 1. The van der Waals surface area contributed by atoms with Crippen molar-refractivity contribution in [1.29, 1.82) is 0 Å². The number of rotatable bonds is 2. The number of phenolic OH excluding ortho intramolecular Hbond substituents is 1. The summed E-state index contributed by atoms with van der Waals surface area (Å²) in [7, 11) is 0. The summed E-state index contributed by atoms with van der Waals surface area (Å²) in [5.74, 6) is 0.836. The monoisotopic (exact) mass is 194 g/mol. The van der Waals surface area contributed by atoms with Crippen LogP contribution in [0.1, 0.15) is 11.3 Å². The van der Waals surface area contributed by atoms with Gasteiger partial charge in [-0.3, -0.25) is 5.26 Å². The van der Waals surface area contributed by atoms with Crippen molar-refractivity contribution in [2.75, 3.05) is 0 Å². The van der Waals surface area contributed by atoms with Gasteiger partial charge < -0.3 is 9.52 Å². The third-order valence-electron chi connectivity index (χ3n) is 2.19. The van der Waals surface area contributed by atoms with Gasteiger partial charge in [-0.1, -0.05) is 0 Å². The van der Waals surface area contributed by atoms with Gasteiger partial charge in [0.2, 0.25) is 0 Å². The van der Waals surface area contributed by atoms with Gasteiger partial charge in [-0.25, -0.2) is 4.89 Å². The van der Waals surface area contributed by atoms with Crippen LogP contribution in [-0.2, 0) is 11.5 Å². The van der Waals surface area contributed by atoms with Crippen LogP contribution in [0.4, 0.5) is 0 Å². The summed E-state index contributed by atoms with van der Waals surface area (Å²) in [4.78, 5) is 4.08. The van der Waals surface area contributed by atoms with Gasteiger partial charge in [-0.2, -0.15) is 0 Å². The Labute approximate surface area is 80.3 Å². The highest BCUT2D eigenvalue weighted by atomic mass is 17.1. The van der Waals surface area contributed by atoms with E-state index in [1.54, 1.807) is 19.1 Å². The van der Waals surface area contributed by atoms with Gasteiger partial charge in [0.25, 0.3) is 0 Å². The highest BCUT2D eigenvalue weighted by Gasteiger charge is 2.11. The molecule has 2 N–H and O–H groups in total. The molecule has 0 saturated heterocycles. The molecule has 1 aromatic carbocycles. The molecule has 0 spiro atoms. The molecule has 0 unspecified atom stereocenters. The molecule has 2 aromatic rings. The highest BCUT2D eigenvalue weighted by molar-refractivity contribution is 5.83. The largest absolute Gasteiger partial charge is 0.508 e. The molecule has 0 amide bonds. The van der Waals surface area contributed by atoms with E-state index in [4.69, 9.17) is 9.67 Å². The van der Waals surface area contributed by atoms with Crippen LogP contribution in [0.3, 0.4) is 0 Å². The van der Waals surface area contributed by atoms with Crippen molar-refractivity contribution in [3.63, 3.8) is 0 Å². The lowest BCUT2D eigenvalue weighted by molar-refractivity contribution is -0.252. The first-order chi connectivity index (χ1) is 6.72. The molecule has 4 nitrogen and oxygen atoms in total. The minimum Gasteiger partial charge on any atom is -0.508 e. The Morgan fingerprint density at radius 2 is 2.21 bits per heavy atom. The van der Waals surface area contributed by atoms with Gasteiger partial charge in [-0.05, 0) is 19.1 Å². The van der Waals surface area contributed by atoms with Gasteiger partial charge in [0, 0.05) is 17.0 Å². The SMILES string of the molecule is Cc1oc2cc(O)ccc2c1COO. The highest BCUT2D eigenvalue weighted by Crippen LogP contribution is 2.28. The summed E-state index contributed by atoms with van der Waals surface area (Å²) in [6.07, 6.45) is 0. The zero-order valence-corrected chi connectivity index (χ0v) is 7.65. The molecule has 14 heavy (non-hydrogen) atoms. The Kier molecular flexibility index (Phi) is 2.15. The zero-order chi connectivity index (χ0) is 10.1. The summed E-state index contributed by atoms with van der Waals surface area (Å²) in [6, 6.07) is 4.83. The Hall–Kier alpha value is -1.52. The van der Waals surface area contributed by atoms with E-state index >= 15 is 0 Å². The Balaban J connectivity index is 2.64. The molecule has 0 radical (unpaired) electrons. The Morgan fingerprint density at radius 3 is 2.93 bits per heavy atom. The summed E-state index contributed by atoms with van der Waals surface area (Å²) in [6.45, 7) is 1.87. The number of phenols is 1. The van der Waals surface area contributed by atoms with E-state index in [0.717, 1.165) is 10.9 Å². The predicted octanol–water partition coefficient (Wildman–Crippen LogP) is 2.44. The van der Waals surface area contributed by atoms with Crippen molar-refractivity contribution < 1.29 is 19.7 Å². The molecule has 0 aliphatic carbocycles. The number of hydrogen-bond donors (Lipinski definition) is 2. The van der Waals surface area contributed by atoms with Crippen LogP contribution < -0.4 is 0 Å². The molecular weight excluding hydrogens is 184 g/mol. The molecule has 1 heterocycles. The second-order valence-corrected chi connectivity index (χ2v) is 3.09. The molecule has 4 heteroatoms. The molecule has 74 valence electrons. The zero-order valence-electron chi connectivity index (χ0n) is 7.65. The van der Waals surface area contributed by atoms with Crippen LogP contribution in [-0.4, -0.2) is 10.4 Å². The molecule has 0 fully saturated rings. The average molecular weight is 194 g/mol. The van der Waals surface area contributed by atoms with Crippen LogP contribution in [0.2, 0.25) is 0 Å². The number of furan rings is 1. The molecular formula is C10H10O4. The number of hydrogen-bond acceptors (Lipinski definition) is 4. The van der Waals surface area contributed by atoms with Crippen LogP contribution in [0.25, 0.3) is 11.0 Å². The molecule has 0 aliphatic heterocycles. The maximum absolute atomic E-state index is 9.22. The van der Waals surface area contributed by atoms with E-state index in [1.807, 2.05) is 0 Å². The standard InChI is InChI=1S/C10H10O4/c1-6-9(5-13-12)8-3-2-7(11)4-10(8)14-6/h2-4,11-12H,5H2,1H3. The average Bonchev–Trinajstić information content (AvgIpc) is 2.43. The first kappa shape index (κ1) is 9.05. The van der Waals surface area contributed by atoms with Crippen LogP contribution >= 0.6 is 0 Å². The quantitative estimate of drug-likeness (QED) is 0.569. The molecule has 2 rings (SSSR count). The minimum absolute atomic E-state index is 0.0869. The van der Waals surface area contributed by atoms with Crippen molar-refractivity contribution in [3.05, 3.63) is 29.5 Å². The van der Waals surface area contributed by atoms with E-state index in [1.165, 1.54) is 6.07 Å². The van der Waals surface area contributed by atoms with Gasteiger partial charge in [0.05, 0.1) is 0 Å². The fourth-order valence-electron chi connectivity index (χ4n) is 1.50. The van der Waals surface area contributed by atoms with Crippen LogP contribution in [0.5, 0.6) is 5.75 Å². The Morgan fingerprint density at radius 1 is 1.43 bits per heavy atom. The first-order valence-electron chi connectivity index (χ1n) is 4.19. The molecule has 0 atom stereocenters. The third-order valence-corrected chi connectivity index (χ3v) is 2.19. The second kappa shape index (κ2) is 3.32. The number of aromatic hydroxyl groups is 1. The normalized spacial score (nSPS) is 11.0. The fraction of sp³-hybridized carbons (Fsp3) is 0.200. The van der Waals surface area contributed by atoms with Gasteiger partial charge in [0.1, 0.15) is 23.7 Å². The lowest BCUT2D eigenvalue weighted by Crippen LogP contribution is -1.87. The molecule has 0 bridgehead atoms. The molecule has 0 saturated carbocycles. The first-order valence-corrected chi connectivity index (χ1v) is 4.19. The summed E-state index contributed by atoms with van der Waals surface area (Å²) in [5.41, 5.74) is 1.39. The predicted molar refractivity (Wildman–Crippen MR) is 50.0 cm³/mol. The summed E-state index contributed by atoms with van der Waals surface area (Å²) >= 11 is 0. The van der Waals surface area contributed by atoms with E-state index in [9.17, 15) is 5.11 Å². The van der Waals surface area contributed by atoms with E-state index in [-0.39, 0.29) is 12.4 Å². The summed E-state index contributed by atoms with van der Waals surface area (Å²) in [5, 5.41) is 18.4. The smallest absolute Gasteiger partial charge is 0.138 e. The van der Waals surface area contributed by atoms with Crippen LogP contribution in [0, 0.1) is 6.92 Å². The second-order valence-electron chi connectivity index (χ2n) is 3.09. The lowest BCUT2D eigenvalue weighted by atomic mass is 10.1. The Bertz CT molecular complexity index is 458. The van der Waals surface area contributed by atoms with Gasteiger partial charge in [0.15, 0.2) is 0 Å². The van der Waals surface area contributed by atoms with E-state index < -0.39 is 0 Å². The fourth-order valence-corrected chi connectivity index (χ4v) is 1.50. The van der Waals surface area contributed by atoms with Crippen molar-refractivity contribution in [2.45, 2.75) is 13.5 Å². The molecule has 0 aliphatic rings. The van der Waals surface area contributed by atoms with Crippen molar-refractivity contribution in [1.82, 2.24) is 0 Å². The van der Waals surface area contributed by atoms with E-state index in [2.05, 4.69) is 4.89 Å². The molecule has 1 aromatic heterocycles. The van der Waals surface area contributed by atoms with Crippen molar-refractivity contribution in [2.24, 2.45) is 0 Å². The van der Waals surface area contributed by atoms with Gasteiger partial charge >= 0.3 is 0 Å². The topological polar surface area (TPSA) is 62.8 Å². The number of fused-ring (bicyclic) bond motifs is 1. The lowest BCUT2D eigenvalue weighted by Gasteiger charge is -1.95. The van der Waals surface area contributed by atoms with Crippen LogP contribution in [0.15, 0.2) is 22.6 Å². The van der Waals surface area contributed by atoms with Gasteiger partial charge in [-0.15, -0.1) is 0 Å². The summed E-state index contributed by atoms with van der Waals surface area (Å²) < 4.78 is 5.38. The maximum atomic E-state index is 9.22. The van der Waals surface area contributed by atoms with E-state index in [0.29, 0.717) is 11.3 Å². The minimum atomic E-state index is 0.0869. The van der Waals surface area contributed by atoms with Crippen molar-refractivity contribution >= 4 is 11.0 Å². The number of benzene rings is 1. The maximum Gasteiger partial charge on any atom is 0.138 e.